The quantitative estimate of drug-likeness (QED) is 0.534. The molecular weight excluding hydrogens is 434 g/mol. The fourth-order valence-electron chi connectivity index (χ4n) is 2.28. The van der Waals surface area contributed by atoms with Crippen molar-refractivity contribution in [3.05, 3.63) is 64.7 Å². The Kier molecular flexibility index (Phi) is 6.58. The minimum atomic E-state index is -3.63. The topological polar surface area (TPSA) is 108 Å². The summed E-state index contributed by atoms with van der Waals surface area (Å²) < 4.78 is 25.6. The third-order valence-electron chi connectivity index (χ3n) is 3.85. The molecule has 0 saturated carbocycles. The van der Waals surface area contributed by atoms with Crippen LogP contribution in [0.4, 0.5) is 5.95 Å². The van der Waals surface area contributed by atoms with Crippen LogP contribution in [0.2, 0.25) is 5.02 Å². The monoisotopic (exact) mass is 451 g/mol. The Labute approximate surface area is 177 Å². The predicted molar refractivity (Wildman–Crippen MR) is 113 cm³/mol. The van der Waals surface area contributed by atoms with E-state index in [2.05, 4.69) is 20.5 Å². The highest BCUT2D eigenvalue weighted by molar-refractivity contribution is 7.98. The van der Waals surface area contributed by atoms with Gasteiger partial charge in [-0.1, -0.05) is 41.6 Å². The number of aromatic amines is 1. The number of benzene rings is 2. The lowest BCUT2D eigenvalue weighted by Crippen LogP contribution is -2.22. The molecule has 3 aromatic rings. The van der Waals surface area contributed by atoms with Crippen LogP contribution in [0, 0.1) is 0 Å². The second kappa shape index (κ2) is 8.95. The number of rotatable bonds is 7. The van der Waals surface area contributed by atoms with Crippen LogP contribution >= 0.6 is 23.4 Å². The third-order valence-corrected chi connectivity index (χ3v) is 6.83. The fraction of sp³-hybridized carbons (Fsp3) is 0.167. The van der Waals surface area contributed by atoms with E-state index >= 15 is 0 Å². The van der Waals surface area contributed by atoms with Crippen LogP contribution in [0.5, 0.6) is 0 Å². The first-order valence-corrected chi connectivity index (χ1v) is 11.2. The summed E-state index contributed by atoms with van der Waals surface area (Å²) in [6.07, 6.45) is 0. The zero-order chi connectivity index (χ0) is 21.0. The van der Waals surface area contributed by atoms with Crippen molar-refractivity contribution in [1.29, 1.82) is 0 Å². The molecule has 0 spiro atoms. The highest BCUT2D eigenvalue weighted by Crippen LogP contribution is 2.21. The molecule has 0 saturated heterocycles. The molecule has 0 aliphatic rings. The Balaban J connectivity index is 1.65. The normalized spacial score (nSPS) is 11.6. The van der Waals surface area contributed by atoms with Gasteiger partial charge in [0.05, 0.1) is 4.90 Å². The van der Waals surface area contributed by atoms with Gasteiger partial charge in [0.1, 0.15) is 0 Å². The maximum atomic E-state index is 12.5. The Hall–Kier alpha value is -2.40. The molecule has 1 amide bonds. The number of amides is 1. The van der Waals surface area contributed by atoms with E-state index in [0.717, 1.165) is 9.87 Å². The molecule has 0 unspecified atom stereocenters. The number of nitrogens with one attached hydrogen (secondary N) is 2. The van der Waals surface area contributed by atoms with E-state index in [4.69, 9.17) is 11.6 Å². The van der Waals surface area contributed by atoms with Crippen molar-refractivity contribution in [1.82, 2.24) is 19.5 Å². The SMILES string of the molecule is CN(C)S(=O)(=O)c1cccc(C(=O)Nc2nc(SCc3ccc(Cl)cc3)n[nH]2)c1. The number of hydrogen-bond acceptors (Lipinski definition) is 6. The average Bonchev–Trinajstić information content (AvgIpc) is 3.15. The molecule has 11 heteroatoms. The maximum Gasteiger partial charge on any atom is 0.258 e. The van der Waals surface area contributed by atoms with Crippen LogP contribution in [0.1, 0.15) is 15.9 Å². The molecule has 0 bridgehead atoms. The van der Waals surface area contributed by atoms with E-state index in [0.29, 0.717) is 15.9 Å². The van der Waals surface area contributed by atoms with Crippen molar-refractivity contribution in [3.63, 3.8) is 0 Å². The summed E-state index contributed by atoms with van der Waals surface area (Å²) >= 11 is 7.27. The van der Waals surface area contributed by atoms with Gasteiger partial charge in [0.15, 0.2) is 0 Å². The van der Waals surface area contributed by atoms with Gasteiger partial charge < -0.3 is 0 Å². The number of carbonyl (C=O) groups excluding carboxylic acids is 1. The molecule has 2 aromatic carbocycles. The van der Waals surface area contributed by atoms with Crippen LogP contribution in [-0.2, 0) is 15.8 Å². The van der Waals surface area contributed by atoms with Crippen molar-refractivity contribution in [3.8, 4) is 0 Å². The van der Waals surface area contributed by atoms with E-state index in [-0.39, 0.29) is 16.4 Å². The Morgan fingerprint density at radius 2 is 1.93 bits per heavy atom. The van der Waals surface area contributed by atoms with E-state index in [1.165, 1.54) is 50.1 Å². The highest BCUT2D eigenvalue weighted by Gasteiger charge is 2.19. The lowest BCUT2D eigenvalue weighted by molar-refractivity contribution is 0.102. The molecular formula is C18H18ClN5O3S2. The van der Waals surface area contributed by atoms with Gasteiger partial charge in [-0.25, -0.2) is 17.8 Å². The van der Waals surface area contributed by atoms with Gasteiger partial charge in [-0.15, -0.1) is 5.10 Å². The summed E-state index contributed by atoms with van der Waals surface area (Å²) in [5.74, 6) is 0.327. The maximum absolute atomic E-state index is 12.5. The van der Waals surface area contributed by atoms with Crippen LogP contribution in [0.15, 0.2) is 58.6 Å². The number of anilines is 1. The van der Waals surface area contributed by atoms with Crippen molar-refractivity contribution in [2.75, 3.05) is 19.4 Å². The molecule has 1 heterocycles. The largest absolute Gasteiger partial charge is 0.291 e. The van der Waals surface area contributed by atoms with Crippen molar-refractivity contribution < 1.29 is 13.2 Å². The number of nitrogens with zero attached hydrogens (tertiary/aromatic N) is 3. The predicted octanol–water partition coefficient (Wildman–Crippen LogP) is 3.25. The molecule has 1 aromatic heterocycles. The first-order valence-electron chi connectivity index (χ1n) is 8.39. The number of carbonyl (C=O) groups is 1. The van der Waals surface area contributed by atoms with E-state index in [1.54, 1.807) is 0 Å². The number of thioether (sulfide) groups is 1. The summed E-state index contributed by atoms with van der Waals surface area (Å²) in [5, 5.41) is 10.4. The lowest BCUT2D eigenvalue weighted by Gasteiger charge is -2.12. The van der Waals surface area contributed by atoms with Crippen molar-refractivity contribution in [2.45, 2.75) is 15.8 Å². The van der Waals surface area contributed by atoms with Gasteiger partial charge in [-0.2, -0.15) is 4.98 Å². The minimum absolute atomic E-state index is 0.0342. The number of halogens is 1. The minimum Gasteiger partial charge on any atom is -0.291 e. The van der Waals surface area contributed by atoms with Crippen LogP contribution in [-0.4, -0.2) is 47.9 Å². The Morgan fingerprint density at radius 3 is 2.62 bits per heavy atom. The molecule has 0 aliphatic carbocycles. The van der Waals surface area contributed by atoms with E-state index in [9.17, 15) is 13.2 Å². The first-order chi connectivity index (χ1) is 13.8. The summed E-state index contributed by atoms with van der Waals surface area (Å²) in [6, 6.07) is 13.2. The van der Waals surface area contributed by atoms with Gasteiger partial charge in [-0.05, 0) is 35.9 Å². The molecule has 2 N–H and O–H groups in total. The highest BCUT2D eigenvalue weighted by atomic mass is 35.5. The van der Waals surface area contributed by atoms with Gasteiger partial charge >= 0.3 is 0 Å². The number of sulfonamides is 1. The second-order valence-corrected chi connectivity index (χ2v) is 9.68. The van der Waals surface area contributed by atoms with Crippen LogP contribution in [0.25, 0.3) is 0 Å². The summed E-state index contributed by atoms with van der Waals surface area (Å²) in [7, 11) is -0.771. The molecule has 29 heavy (non-hydrogen) atoms. The van der Waals surface area contributed by atoms with Gasteiger partial charge in [0.2, 0.25) is 21.1 Å². The summed E-state index contributed by atoms with van der Waals surface area (Å²) in [5.41, 5.74) is 1.26. The Bertz CT molecular complexity index is 1110. The number of aromatic nitrogens is 3. The molecule has 152 valence electrons. The summed E-state index contributed by atoms with van der Waals surface area (Å²) in [6.45, 7) is 0. The van der Waals surface area contributed by atoms with Crippen LogP contribution < -0.4 is 5.32 Å². The average molecular weight is 452 g/mol. The van der Waals surface area contributed by atoms with Crippen LogP contribution in [0.3, 0.4) is 0 Å². The molecule has 8 nitrogen and oxygen atoms in total. The van der Waals surface area contributed by atoms with Gasteiger partial charge in [-0.3, -0.25) is 10.1 Å². The van der Waals surface area contributed by atoms with Crippen molar-refractivity contribution in [2.24, 2.45) is 0 Å². The van der Waals surface area contributed by atoms with Crippen molar-refractivity contribution >= 4 is 45.2 Å². The lowest BCUT2D eigenvalue weighted by atomic mass is 10.2. The molecule has 3 rings (SSSR count). The smallest absolute Gasteiger partial charge is 0.258 e. The Morgan fingerprint density at radius 1 is 1.21 bits per heavy atom. The first kappa shape index (κ1) is 21.3. The standard InChI is InChI=1S/C18H18ClN5O3S2/c1-24(2)29(26,27)15-5-3-4-13(10-15)16(25)20-17-21-18(23-22-17)28-11-12-6-8-14(19)9-7-12/h3-10H,11H2,1-2H3,(H2,20,21,22,23,25). The third kappa shape index (κ3) is 5.36. The molecule has 0 fully saturated rings. The van der Waals surface area contributed by atoms with E-state index < -0.39 is 15.9 Å². The number of H-pyrrole nitrogens is 1. The van der Waals surface area contributed by atoms with E-state index in [1.807, 2.05) is 24.3 Å². The summed E-state index contributed by atoms with van der Waals surface area (Å²) in [4.78, 5) is 16.7. The number of hydrogen-bond donors (Lipinski definition) is 2. The molecule has 0 radical (unpaired) electrons. The molecule has 0 atom stereocenters. The second-order valence-electron chi connectivity index (χ2n) is 6.15. The fourth-order valence-corrected chi connectivity index (χ4v) is 4.11. The zero-order valence-electron chi connectivity index (χ0n) is 15.6. The van der Waals surface area contributed by atoms with Gasteiger partial charge in [0.25, 0.3) is 5.91 Å². The zero-order valence-corrected chi connectivity index (χ0v) is 18.0. The molecule has 0 aliphatic heterocycles. The van der Waals surface area contributed by atoms with Gasteiger partial charge in [0, 0.05) is 30.4 Å².